The van der Waals surface area contributed by atoms with Crippen LogP contribution in [0.15, 0.2) is 97.1 Å². The highest BCUT2D eigenvalue weighted by Crippen LogP contribution is 2.36. The lowest BCUT2D eigenvalue weighted by atomic mass is 9.94. The van der Waals surface area contributed by atoms with Crippen molar-refractivity contribution in [2.75, 3.05) is 23.0 Å². The zero-order valence-corrected chi connectivity index (χ0v) is 23.2. The Labute approximate surface area is 239 Å². The molecule has 4 aromatic rings. The number of hydrogen-bond donors (Lipinski definition) is 4. The third-order valence-electron chi connectivity index (χ3n) is 6.60. The van der Waals surface area contributed by atoms with Crippen LogP contribution in [-0.2, 0) is 14.3 Å². The number of hydrogen-bond acceptors (Lipinski definition) is 6. The summed E-state index contributed by atoms with van der Waals surface area (Å²) in [6.07, 6.45) is 2.19. The first-order valence-electron chi connectivity index (χ1n) is 13.5. The number of nitrogen functional groups attached to an aromatic ring is 1. The van der Waals surface area contributed by atoms with Gasteiger partial charge in [0.15, 0.2) is 6.10 Å². The fourth-order valence-corrected chi connectivity index (χ4v) is 4.57. The van der Waals surface area contributed by atoms with Crippen LogP contribution in [0.4, 0.5) is 21.9 Å². The summed E-state index contributed by atoms with van der Waals surface area (Å²) in [6, 6.07) is 25.2. The second kappa shape index (κ2) is 14.0. The lowest BCUT2D eigenvalue weighted by Gasteiger charge is -2.28. The highest BCUT2D eigenvalue weighted by Gasteiger charge is 2.29. The van der Waals surface area contributed by atoms with Crippen LogP contribution in [0.25, 0.3) is 10.8 Å². The third-order valence-corrected chi connectivity index (χ3v) is 6.60. The SMILES string of the molecule is CCO[C@H](CC/C=C/C(=O)Nc1ccccc1N)[C@H](OC(=O)Nc1ccc(C)cc1)c1ccc(O)c2ccccc12. The van der Waals surface area contributed by atoms with E-state index in [-0.39, 0.29) is 11.7 Å². The van der Waals surface area contributed by atoms with Gasteiger partial charge in [-0.1, -0.05) is 66.2 Å². The molecule has 8 nitrogen and oxygen atoms in total. The van der Waals surface area contributed by atoms with Crippen molar-refractivity contribution in [1.29, 1.82) is 0 Å². The van der Waals surface area contributed by atoms with E-state index in [9.17, 15) is 14.7 Å². The average molecular weight is 554 g/mol. The summed E-state index contributed by atoms with van der Waals surface area (Å²) in [6.45, 7) is 4.23. The quantitative estimate of drug-likeness (QED) is 0.116. The minimum atomic E-state index is -0.794. The Morgan fingerprint density at radius 3 is 2.37 bits per heavy atom. The van der Waals surface area contributed by atoms with Gasteiger partial charge in [-0.15, -0.1) is 0 Å². The molecular weight excluding hydrogens is 518 g/mol. The van der Waals surface area contributed by atoms with Crippen molar-refractivity contribution in [2.24, 2.45) is 0 Å². The Bertz CT molecular complexity index is 1520. The molecule has 2 atom stereocenters. The third kappa shape index (κ3) is 7.86. The highest BCUT2D eigenvalue weighted by atomic mass is 16.6. The topological polar surface area (TPSA) is 123 Å². The molecular formula is C33H35N3O5. The fourth-order valence-electron chi connectivity index (χ4n) is 4.57. The van der Waals surface area contributed by atoms with Gasteiger partial charge in [0, 0.05) is 23.2 Å². The summed E-state index contributed by atoms with van der Waals surface area (Å²) in [5.41, 5.74) is 9.32. The Kier molecular flexibility index (Phi) is 9.96. The number of nitrogens with one attached hydrogen (secondary N) is 2. The number of carbonyl (C=O) groups excluding carboxylic acids is 2. The molecule has 0 unspecified atom stereocenters. The number of rotatable bonds is 11. The number of fused-ring (bicyclic) bond motifs is 1. The van der Waals surface area contributed by atoms with Crippen molar-refractivity contribution in [3.05, 3.63) is 108 Å². The van der Waals surface area contributed by atoms with Crippen LogP contribution in [0.2, 0.25) is 0 Å². The normalized spacial score (nSPS) is 12.6. The smallest absolute Gasteiger partial charge is 0.412 e. The van der Waals surface area contributed by atoms with Gasteiger partial charge in [0.25, 0.3) is 0 Å². The molecule has 4 rings (SSSR count). The van der Waals surface area contributed by atoms with Crippen molar-refractivity contribution in [3.63, 3.8) is 0 Å². The molecule has 0 bridgehead atoms. The first-order valence-corrected chi connectivity index (χ1v) is 13.5. The zero-order chi connectivity index (χ0) is 29.2. The summed E-state index contributed by atoms with van der Waals surface area (Å²) < 4.78 is 12.1. The molecule has 4 aromatic carbocycles. The number of carbonyl (C=O) groups is 2. The molecule has 0 radical (unpaired) electrons. The molecule has 0 fully saturated rings. The van der Waals surface area contributed by atoms with Gasteiger partial charge >= 0.3 is 6.09 Å². The van der Waals surface area contributed by atoms with Crippen molar-refractivity contribution < 1.29 is 24.2 Å². The van der Waals surface area contributed by atoms with Gasteiger partial charge in [0.2, 0.25) is 5.91 Å². The molecule has 212 valence electrons. The number of benzene rings is 4. The van der Waals surface area contributed by atoms with Crippen LogP contribution in [-0.4, -0.2) is 29.8 Å². The maximum absolute atomic E-state index is 13.1. The van der Waals surface area contributed by atoms with Gasteiger partial charge < -0.3 is 25.6 Å². The number of allylic oxidation sites excluding steroid dienone is 1. The van der Waals surface area contributed by atoms with Crippen molar-refractivity contribution in [2.45, 2.75) is 38.9 Å². The van der Waals surface area contributed by atoms with E-state index in [0.29, 0.717) is 47.5 Å². The van der Waals surface area contributed by atoms with Crippen molar-refractivity contribution in [1.82, 2.24) is 0 Å². The summed E-state index contributed by atoms with van der Waals surface area (Å²) in [5.74, 6) is -0.168. The lowest BCUT2D eigenvalue weighted by molar-refractivity contribution is -0.111. The summed E-state index contributed by atoms with van der Waals surface area (Å²) in [4.78, 5) is 25.5. The highest BCUT2D eigenvalue weighted by molar-refractivity contribution is 6.01. The van der Waals surface area contributed by atoms with E-state index in [1.807, 2.05) is 50.2 Å². The molecule has 0 aliphatic rings. The molecule has 0 aliphatic carbocycles. The molecule has 0 saturated carbocycles. The van der Waals surface area contributed by atoms with Crippen LogP contribution in [0, 0.1) is 6.92 Å². The number of aryl methyl sites for hydroxylation is 1. The number of phenols is 1. The maximum Gasteiger partial charge on any atom is 0.412 e. The molecule has 0 saturated heterocycles. The van der Waals surface area contributed by atoms with E-state index in [1.165, 1.54) is 6.08 Å². The minimum Gasteiger partial charge on any atom is -0.507 e. The number of phenolic OH excluding ortho intramolecular Hbond substituents is 1. The summed E-state index contributed by atoms with van der Waals surface area (Å²) in [7, 11) is 0. The predicted octanol–water partition coefficient (Wildman–Crippen LogP) is 7.11. The summed E-state index contributed by atoms with van der Waals surface area (Å²) >= 11 is 0. The second-order valence-corrected chi connectivity index (χ2v) is 9.59. The molecule has 8 heteroatoms. The van der Waals surface area contributed by atoms with E-state index in [1.54, 1.807) is 54.6 Å². The monoisotopic (exact) mass is 553 g/mol. The van der Waals surface area contributed by atoms with E-state index in [2.05, 4.69) is 10.6 Å². The van der Waals surface area contributed by atoms with Crippen LogP contribution in [0.5, 0.6) is 5.75 Å². The zero-order valence-electron chi connectivity index (χ0n) is 23.2. The molecule has 0 aromatic heterocycles. The Morgan fingerprint density at radius 1 is 0.927 bits per heavy atom. The Morgan fingerprint density at radius 2 is 1.63 bits per heavy atom. The molecule has 41 heavy (non-hydrogen) atoms. The molecule has 0 aliphatic heterocycles. The number of anilines is 3. The number of ether oxygens (including phenoxy) is 2. The minimum absolute atomic E-state index is 0.133. The second-order valence-electron chi connectivity index (χ2n) is 9.59. The molecule has 5 N–H and O–H groups in total. The number of para-hydroxylation sites is 2. The van der Waals surface area contributed by atoms with Gasteiger partial charge in [0.1, 0.15) is 5.75 Å². The largest absolute Gasteiger partial charge is 0.507 e. The van der Waals surface area contributed by atoms with E-state index >= 15 is 0 Å². The van der Waals surface area contributed by atoms with Crippen molar-refractivity contribution >= 4 is 39.8 Å². The number of aromatic hydroxyl groups is 1. The van der Waals surface area contributed by atoms with Crippen LogP contribution in [0.1, 0.15) is 37.0 Å². The van der Waals surface area contributed by atoms with Gasteiger partial charge in [-0.25, -0.2) is 4.79 Å². The molecule has 0 heterocycles. The van der Waals surface area contributed by atoms with Gasteiger partial charge in [-0.05, 0) is 68.5 Å². The maximum atomic E-state index is 13.1. The molecule has 0 spiro atoms. The summed E-state index contributed by atoms with van der Waals surface area (Å²) in [5, 5.41) is 17.4. The van der Waals surface area contributed by atoms with Gasteiger partial charge in [-0.2, -0.15) is 0 Å². The lowest BCUT2D eigenvalue weighted by Crippen LogP contribution is -2.29. The Hall–Kier alpha value is -4.82. The van der Waals surface area contributed by atoms with Crippen LogP contribution in [0.3, 0.4) is 0 Å². The van der Waals surface area contributed by atoms with E-state index in [0.717, 1.165) is 10.9 Å². The van der Waals surface area contributed by atoms with E-state index < -0.39 is 18.3 Å². The van der Waals surface area contributed by atoms with Crippen LogP contribution < -0.4 is 16.4 Å². The standard InChI is InChI=1S/C33H35N3O5/c1-3-40-30(14-8-9-15-31(38)36-28-13-7-6-12-27(28)34)32(41-33(39)35-23-18-16-22(2)17-19-23)26-20-21-29(37)25-11-5-4-10-24(25)26/h4-7,9-13,15-21,30,32,37H,3,8,14,34H2,1-2H3,(H,35,39)(H,36,38)/b15-9+/t30-,32-/m1/s1. The first kappa shape index (κ1) is 29.2. The predicted molar refractivity (Wildman–Crippen MR) is 163 cm³/mol. The Balaban J connectivity index is 1.55. The molecule has 2 amide bonds. The average Bonchev–Trinajstić information content (AvgIpc) is 2.96. The van der Waals surface area contributed by atoms with Crippen LogP contribution >= 0.6 is 0 Å². The fraction of sp³-hybridized carbons (Fsp3) is 0.212. The number of amides is 2. The number of nitrogens with two attached hydrogens (primary N) is 1. The van der Waals surface area contributed by atoms with Gasteiger partial charge in [0.05, 0.1) is 17.5 Å². The first-order chi connectivity index (χ1) is 19.9. The van der Waals surface area contributed by atoms with Crippen molar-refractivity contribution in [3.8, 4) is 5.75 Å². The van der Waals surface area contributed by atoms with E-state index in [4.69, 9.17) is 15.2 Å². The van der Waals surface area contributed by atoms with Gasteiger partial charge in [-0.3, -0.25) is 10.1 Å².